The summed E-state index contributed by atoms with van der Waals surface area (Å²) >= 11 is 0. The van der Waals surface area contributed by atoms with E-state index < -0.39 is 23.8 Å². The molecule has 0 spiro atoms. The number of hydrogen-bond donors (Lipinski definition) is 2. The lowest BCUT2D eigenvalue weighted by Gasteiger charge is -2.21. The first kappa shape index (κ1) is 22.9. The number of ketones is 1. The van der Waals surface area contributed by atoms with E-state index in [-0.39, 0.29) is 48.7 Å². The van der Waals surface area contributed by atoms with Crippen molar-refractivity contribution in [2.45, 2.75) is 32.7 Å². The Morgan fingerprint density at radius 1 is 0.844 bits per heavy atom. The molecule has 2 N–H and O–H groups in total. The molecule has 1 atom stereocenters. The number of amides is 4. The lowest BCUT2D eigenvalue weighted by molar-refractivity contribution is -0.125. The molecule has 8 nitrogen and oxygen atoms in total. The van der Waals surface area contributed by atoms with Crippen molar-refractivity contribution in [3.63, 3.8) is 0 Å². The lowest BCUT2D eigenvalue weighted by Crippen LogP contribution is -2.49. The highest BCUT2D eigenvalue weighted by Gasteiger charge is 2.40. The lowest BCUT2D eigenvalue weighted by atomic mass is 10.1. The van der Waals surface area contributed by atoms with E-state index in [2.05, 4.69) is 10.6 Å². The molecular weight excluding hydrogens is 410 g/mol. The topological polar surface area (TPSA) is 113 Å². The molecule has 32 heavy (non-hydrogen) atoms. The van der Waals surface area contributed by atoms with Gasteiger partial charge in [0.25, 0.3) is 11.8 Å². The summed E-state index contributed by atoms with van der Waals surface area (Å²) in [6.07, 6.45) is 0.143. The van der Waals surface area contributed by atoms with Crippen molar-refractivity contribution in [1.29, 1.82) is 0 Å². The quantitative estimate of drug-likeness (QED) is 0.355. The fraction of sp³-hybridized carbons (Fsp3) is 0.292. The van der Waals surface area contributed by atoms with Gasteiger partial charge in [0.15, 0.2) is 5.78 Å². The monoisotopic (exact) mass is 435 g/mol. The summed E-state index contributed by atoms with van der Waals surface area (Å²) < 4.78 is 0. The van der Waals surface area contributed by atoms with Crippen molar-refractivity contribution in [2.24, 2.45) is 0 Å². The molecule has 2 aromatic rings. The second-order valence-electron chi connectivity index (χ2n) is 7.63. The van der Waals surface area contributed by atoms with Crippen LogP contribution in [0.15, 0.2) is 48.5 Å². The second-order valence-corrected chi connectivity index (χ2v) is 7.63. The van der Waals surface area contributed by atoms with Crippen LogP contribution in [-0.2, 0) is 9.59 Å². The highest BCUT2D eigenvalue weighted by molar-refractivity contribution is 6.22. The molecule has 0 fully saturated rings. The van der Waals surface area contributed by atoms with Crippen LogP contribution in [-0.4, -0.2) is 53.4 Å². The molecule has 0 radical (unpaired) electrons. The number of carbonyl (C=O) groups is 5. The van der Waals surface area contributed by atoms with E-state index in [9.17, 15) is 24.0 Å². The number of nitrogens with zero attached hydrogens (tertiary/aromatic N) is 1. The first-order valence-electron chi connectivity index (χ1n) is 10.4. The van der Waals surface area contributed by atoms with Crippen molar-refractivity contribution >= 4 is 29.4 Å². The van der Waals surface area contributed by atoms with E-state index in [4.69, 9.17) is 0 Å². The van der Waals surface area contributed by atoms with E-state index >= 15 is 0 Å². The summed E-state index contributed by atoms with van der Waals surface area (Å²) in [6, 6.07) is 12.6. The third-order valence-corrected chi connectivity index (χ3v) is 5.29. The maximum atomic E-state index is 12.5. The molecule has 8 heteroatoms. The van der Waals surface area contributed by atoms with Gasteiger partial charge in [-0.2, -0.15) is 0 Å². The molecule has 0 saturated heterocycles. The molecule has 1 unspecified atom stereocenters. The Labute approximate surface area is 186 Å². The summed E-state index contributed by atoms with van der Waals surface area (Å²) in [4.78, 5) is 62.3. The van der Waals surface area contributed by atoms with Gasteiger partial charge in [-0.1, -0.05) is 42.0 Å². The Bertz CT molecular complexity index is 1030. The summed E-state index contributed by atoms with van der Waals surface area (Å²) in [6.45, 7) is 3.70. The first-order chi connectivity index (χ1) is 15.3. The summed E-state index contributed by atoms with van der Waals surface area (Å²) in [5.74, 6) is -1.90. The Balaban J connectivity index is 1.39. The zero-order valence-corrected chi connectivity index (χ0v) is 18.0. The maximum Gasteiger partial charge on any atom is 0.262 e. The van der Waals surface area contributed by atoms with E-state index in [1.165, 1.54) is 6.92 Å². The van der Waals surface area contributed by atoms with E-state index in [1.54, 1.807) is 36.4 Å². The number of carbonyl (C=O) groups excluding carboxylic acids is 5. The van der Waals surface area contributed by atoms with E-state index in [0.29, 0.717) is 5.56 Å². The molecule has 166 valence electrons. The molecular formula is C24H25N3O5. The molecule has 0 saturated carbocycles. The van der Waals surface area contributed by atoms with Crippen LogP contribution in [0.1, 0.15) is 56.4 Å². The van der Waals surface area contributed by atoms with Gasteiger partial charge in [0, 0.05) is 31.5 Å². The number of fused-ring (bicyclic) bond motifs is 1. The molecule has 3 rings (SSSR count). The normalized spacial score (nSPS) is 13.5. The van der Waals surface area contributed by atoms with Crippen LogP contribution in [0, 0.1) is 6.92 Å². The van der Waals surface area contributed by atoms with Crippen LogP contribution in [0.4, 0.5) is 0 Å². The molecule has 1 heterocycles. The SMILES string of the molecule is Cc1ccc(C(=O)CCC(=O)NCCNC(=O)C(C)N2C(=O)c3ccccc3C2=O)cc1. The molecule has 2 aromatic carbocycles. The van der Waals surface area contributed by atoms with E-state index in [1.807, 2.05) is 19.1 Å². The largest absolute Gasteiger partial charge is 0.354 e. The maximum absolute atomic E-state index is 12.5. The van der Waals surface area contributed by atoms with Gasteiger partial charge in [0.1, 0.15) is 6.04 Å². The summed E-state index contributed by atoms with van der Waals surface area (Å²) in [5.41, 5.74) is 2.19. The smallest absolute Gasteiger partial charge is 0.262 e. The fourth-order valence-electron chi connectivity index (χ4n) is 3.41. The standard InChI is InChI=1S/C24H25N3O5/c1-15-7-9-17(10-8-15)20(28)11-12-21(29)25-13-14-26-22(30)16(2)27-23(31)18-5-3-4-6-19(18)24(27)32/h3-10,16H,11-14H2,1-2H3,(H,25,29)(H,26,30). The van der Waals surface area contributed by atoms with Crippen LogP contribution in [0.3, 0.4) is 0 Å². The van der Waals surface area contributed by atoms with Crippen molar-refractivity contribution in [1.82, 2.24) is 15.5 Å². The minimum atomic E-state index is -0.981. The van der Waals surface area contributed by atoms with Gasteiger partial charge < -0.3 is 10.6 Å². The molecule has 0 aromatic heterocycles. The Morgan fingerprint density at radius 2 is 1.41 bits per heavy atom. The molecule has 1 aliphatic rings. The Morgan fingerprint density at radius 3 is 2.00 bits per heavy atom. The average Bonchev–Trinajstić information content (AvgIpc) is 3.05. The van der Waals surface area contributed by atoms with Gasteiger partial charge in [-0.25, -0.2) is 0 Å². The molecule has 0 aliphatic carbocycles. The third-order valence-electron chi connectivity index (χ3n) is 5.29. The van der Waals surface area contributed by atoms with Crippen LogP contribution in [0.2, 0.25) is 0 Å². The minimum absolute atomic E-state index is 0.0477. The van der Waals surface area contributed by atoms with Gasteiger partial charge in [0.05, 0.1) is 11.1 Å². The van der Waals surface area contributed by atoms with Gasteiger partial charge in [0.2, 0.25) is 11.8 Å². The van der Waals surface area contributed by atoms with Crippen molar-refractivity contribution in [2.75, 3.05) is 13.1 Å². The number of nitrogens with one attached hydrogen (secondary N) is 2. The van der Waals surface area contributed by atoms with Gasteiger partial charge in [-0.3, -0.25) is 28.9 Å². The number of rotatable bonds is 9. The van der Waals surface area contributed by atoms with E-state index in [0.717, 1.165) is 10.5 Å². The summed E-state index contributed by atoms with van der Waals surface area (Å²) in [5, 5.41) is 5.25. The number of benzene rings is 2. The predicted octanol–water partition coefficient (Wildman–Crippen LogP) is 1.88. The third kappa shape index (κ3) is 5.08. The number of hydrogen-bond acceptors (Lipinski definition) is 5. The highest BCUT2D eigenvalue weighted by atomic mass is 16.2. The molecule has 0 bridgehead atoms. The average molecular weight is 435 g/mol. The molecule has 1 aliphatic heterocycles. The van der Waals surface area contributed by atoms with Crippen molar-refractivity contribution in [3.8, 4) is 0 Å². The molecule has 4 amide bonds. The van der Waals surface area contributed by atoms with Crippen LogP contribution < -0.4 is 10.6 Å². The zero-order chi connectivity index (χ0) is 23.3. The minimum Gasteiger partial charge on any atom is -0.354 e. The zero-order valence-electron chi connectivity index (χ0n) is 18.0. The number of aryl methyl sites for hydroxylation is 1. The van der Waals surface area contributed by atoms with Gasteiger partial charge >= 0.3 is 0 Å². The van der Waals surface area contributed by atoms with Gasteiger partial charge in [-0.15, -0.1) is 0 Å². The second kappa shape index (κ2) is 10.00. The number of imide groups is 1. The van der Waals surface area contributed by atoms with Crippen LogP contribution in [0.25, 0.3) is 0 Å². The van der Waals surface area contributed by atoms with Crippen molar-refractivity contribution in [3.05, 3.63) is 70.8 Å². The van der Waals surface area contributed by atoms with Gasteiger partial charge in [-0.05, 0) is 26.0 Å². The Hall–Kier alpha value is -3.81. The predicted molar refractivity (Wildman–Crippen MR) is 117 cm³/mol. The highest BCUT2D eigenvalue weighted by Crippen LogP contribution is 2.24. The summed E-state index contributed by atoms with van der Waals surface area (Å²) in [7, 11) is 0. The first-order valence-corrected chi connectivity index (χ1v) is 10.4. The van der Waals surface area contributed by atoms with Crippen LogP contribution >= 0.6 is 0 Å². The Kier molecular flexibility index (Phi) is 7.14. The number of Topliss-reactive ketones (excluding diaryl/α,β-unsaturated/α-hetero) is 1. The fourth-order valence-corrected chi connectivity index (χ4v) is 3.41. The van der Waals surface area contributed by atoms with Crippen molar-refractivity contribution < 1.29 is 24.0 Å². The van der Waals surface area contributed by atoms with Crippen LogP contribution in [0.5, 0.6) is 0 Å².